The summed E-state index contributed by atoms with van der Waals surface area (Å²) in [7, 11) is 0. The first kappa shape index (κ1) is 13.3. The topological polar surface area (TPSA) is 75.4 Å². The third-order valence-corrected chi connectivity index (χ3v) is 3.96. The number of carbonyl (C=O) groups is 2. The van der Waals surface area contributed by atoms with Gasteiger partial charge in [-0.2, -0.15) is 0 Å². The smallest absolute Gasteiger partial charge is 0.325 e. The van der Waals surface area contributed by atoms with Crippen molar-refractivity contribution in [3.8, 4) is 0 Å². The van der Waals surface area contributed by atoms with Crippen LogP contribution in [-0.4, -0.2) is 33.9 Å². The lowest BCUT2D eigenvalue weighted by Crippen LogP contribution is -2.48. The molecule has 3 amide bonds. The fourth-order valence-electron chi connectivity index (χ4n) is 2.78. The zero-order valence-corrected chi connectivity index (χ0v) is 11.2. The zero-order chi connectivity index (χ0) is 13.2. The molecule has 0 aromatic carbocycles. The summed E-state index contributed by atoms with van der Waals surface area (Å²) in [5.41, 5.74) is 4.80. The Morgan fingerprint density at radius 3 is 2.61 bits per heavy atom. The first-order valence-corrected chi connectivity index (χ1v) is 6.88. The molecule has 0 radical (unpaired) electrons. The molecule has 1 saturated carbocycles. The Morgan fingerprint density at radius 1 is 1.33 bits per heavy atom. The van der Waals surface area contributed by atoms with Gasteiger partial charge in [-0.15, -0.1) is 0 Å². The Morgan fingerprint density at radius 2 is 2.00 bits per heavy atom. The van der Waals surface area contributed by atoms with Crippen LogP contribution in [0.3, 0.4) is 0 Å². The molecule has 1 heterocycles. The summed E-state index contributed by atoms with van der Waals surface area (Å²) in [5, 5.41) is 2.88. The molecule has 1 aliphatic carbocycles. The minimum atomic E-state index is -0.613. The molecule has 3 N–H and O–H groups in total. The number of urea groups is 1. The maximum atomic E-state index is 12.3. The lowest BCUT2D eigenvalue weighted by molar-refractivity contribution is -0.132. The van der Waals surface area contributed by atoms with Gasteiger partial charge in [0.1, 0.15) is 5.54 Å². The molecule has 0 aromatic heterocycles. The van der Waals surface area contributed by atoms with E-state index in [4.69, 9.17) is 18.0 Å². The molecule has 5 nitrogen and oxygen atoms in total. The number of amides is 3. The van der Waals surface area contributed by atoms with E-state index in [1.807, 2.05) is 0 Å². The predicted octanol–water partition coefficient (Wildman–Crippen LogP) is 1.31. The number of nitrogens with one attached hydrogen (secondary N) is 1. The van der Waals surface area contributed by atoms with Crippen LogP contribution in [0.2, 0.25) is 0 Å². The van der Waals surface area contributed by atoms with Crippen LogP contribution in [-0.2, 0) is 4.79 Å². The Balaban J connectivity index is 1.98. The summed E-state index contributed by atoms with van der Waals surface area (Å²) < 4.78 is 0. The van der Waals surface area contributed by atoms with E-state index < -0.39 is 5.54 Å². The molecule has 1 saturated heterocycles. The Labute approximate surface area is 112 Å². The van der Waals surface area contributed by atoms with Crippen molar-refractivity contribution in [1.29, 1.82) is 0 Å². The first-order valence-electron chi connectivity index (χ1n) is 6.48. The van der Waals surface area contributed by atoms with Gasteiger partial charge in [-0.3, -0.25) is 9.69 Å². The monoisotopic (exact) mass is 269 g/mol. The van der Waals surface area contributed by atoms with Crippen molar-refractivity contribution >= 4 is 29.1 Å². The van der Waals surface area contributed by atoms with E-state index in [1.165, 1.54) is 4.90 Å². The molecule has 0 aromatic rings. The molecule has 1 aliphatic heterocycles. The zero-order valence-electron chi connectivity index (χ0n) is 10.4. The standard InChI is InChI=1S/C12H19N3O2S/c13-9(18)5-4-8-15-10(16)12(14-11(15)17)6-2-1-3-7-12/h1-8H2,(H2,13,18)(H,14,17). The molecule has 6 heteroatoms. The third kappa shape index (κ3) is 2.48. The molecule has 0 bridgehead atoms. The van der Waals surface area contributed by atoms with E-state index in [0.29, 0.717) is 24.4 Å². The van der Waals surface area contributed by atoms with E-state index in [0.717, 1.165) is 32.1 Å². The van der Waals surface area contributed by atoms with Crippen molar-refractivity contribution < 1.29 is 9.59 Å². The maximum absolute atomic E-state index is 12.3. The average molecular weight is 269 g/mol. The molecule has 0 unspecified atom stereocenters. The van der Waals surface area contributed by atoms with E-state index in [2.05, 4.69) is 5.32 Å². The molecular formula is C12H19N3O2S. The highest BCUT2D eigenvalue weighted by atomic mass is 32.1. The molecule has 100 valence electrons. The number of rotatable bonds is 4. The number of nitrogens with two attached hydrogens (primary N) is 1. The van der Waals surface area contributed by atoms with E-state index in [1.54, 1.807) is 0 Å². The molecular weight excluding hydrogens is 250 g/mol. The van der Waals surface area contributed by atoms with Crippen molar-refractivity contribution in [2.24, 2.45) is 5.73 Å². The fraction of sp³-hybridized carbons (Fsp3) is 0.750. The highest BCUT2D eigenvalue weighted by Crippen LogP contribution is 2.33. The minimum Gasteiger partial charge on any atom is -0.393 e. The average Bonchev–Trinajstić information content (AvgIpc) is 2.54. The molecule has 0 atom stereocenters. The van der Waals surface area contributed by atoms with Gasteiger partial charge in [-0.25, -0.2) is 4.79 Å². The van der Waals surface area contributed by atoms with Crippen LogP contribution in [0.5, 0.6) is 0 Å². The van der Waals surface area contributed by atoms with Crippen molar-refractivity contribution in [3.63, 3.8) is 0 Å². The highest BCUT2D eigenvalue weighted by Gasteiger charge is 2.50. The number of nitrogens with zero attached hydrogens (tertiary/aromatic N) is 1. The summed E-state index contributed by atoms with van der Waals surface area (Å²) in [4.78, 5) is 26.0. The number of hydrogen-bond acceptors (Lipinski definition) is 3. The summed E-state index contributed by atoms with van der Waals surface area (Å²) >= 11 is 4.79. The van der Waals surface area contributed by atoms with Gasteiger partial charge in [0, 0.05) is 6.54 Å². The van der Waals surface area contributed by atoms with Gasteiger partial charge >= 0.3 is 6.03 Å². The Kier molecular flexibility index (Phi) is 3.85. The van der Waals surface area contributed by atoms with Crippen LogP contribution < -0.4 is 11.1 Å². The lowest BCUT2D eigenvalue weighted by Gasteiger charge is -2.30. The van der Waals surface area contributed by atoms with Crippen LogP contribution in [0.15, 0.2) is 0 Å². The highest BCUT2D eigenvalue weighted by molar-refractivity contribution is 7.80. The third-order valence-electron chi connectivity index (χ3n) is 3.76. The SMILES string of the molecule is NC(=S)CCCN1C(=O)NC2(CCCCC2)C1=O. The second-order valence-electron chi connectivity index (χ2n) is 5.10. The summed E-state index contributed by atoms with van der Waals surface area (Å²) in [5.74, 6) is -0.0601. The molecule has 2 aliphatic rings. The van der Waals surface area contributed by atoms with Gasteiger partial charge < -0.3 is 11.1 Å². The number of imide groups is 1. The molecule has 2 rings (SSSR count). The molecule has 1 spiro atoms. The van der Waals surface area contributed by atoms with Gasteiger partial charge in [-0.05, 0) is 25.7 Å². The van der Waals surface area contributed by atoms with Crippen molar-refractivity contribution in [2.45, 2.75) is 50.5 Å². The quantitative estimate of drug-likeness (QED) is 0.596. The number of carbonyl (C=O) groups excluding carboxylic acids is 2. The molecule has 18 heavy (non-hydrogen) atoms. The Hall–Kier alpha value is -1.17. The van der Waals surface area contributed by atoms with Crippen LogP contribution in [0.1, 0.15) is 44.9 Å². The van der Waals surface area contributed by atoms with E-state index >= 15 is 0 Å². The number of thiocarbonyl (C=S) groups is 1. The fourth-order valence-corrected chi connectivity index (χ4v) is 2.93. The van der Waals surface area contributed by atoms with Gasteiger partial charge in [0.15, 0.2) is 0 Å². The second-order valence-corrected chi connectivity index (χ2v) is 5.62. The molecule has 2 fully saturated rings. The van der Waals surface area contributed by atoms with E-state index in [9.17, 15) is 9.59 Å². The largest absolute Gasteiger partial charge is 0.393 e. The van der Waals surface area contributed by atoms with Crippen molar-refractivity contribution in [3.05, 3.63) is 0 Å². The van der Waals surface area contributed by atoms with E-state index in [-0.39, 0.29) is 11.9 Å². The summed E-state index contributed by atoms with van der Waals surface area (Å²) in [6, 6.07) is -0.259. The first-order chi connectivity index (χ1) is 8.55. The van der Waals surface area contributed by atoms with Gasteiger partial charge in [0.2, 0.25) is 0 Å². The summed E-state index contributed by atoms with van der Waals surface area (Å²) in [6.45, 7) is 0.407. The Bertz CT molecular complexity index is 378. The summed E-state index contributed by atoms with van der Waals surface area (Å²) in [6.07, 6.45) is 5.91. The van der Waals surface area contributed by atoms with Gasteiger partial charge in [-0.1, -0.05) is 31.5 Å². The maximum Gasteiger partial charge on any atom is 0.325 e. The van der Waals surface area contributed by atoms with Gasteiger partial charge in [0.25, 0.3) is 5.91 Å². The van der Waals surface area contributed by atoms with Crippen LogP contribution >= 0.6 is 12.2 Å². The van der Waals surface area contributed by atoms with Crippen LogP contribution in [0, 0.1) is 0 Å². The number of hydrogen-bond donors (Lipinski definition) is 2. The second kappa shape index (κ2) is 5.22. The van der Waals surface area contributed by atoms with Gasteiger partial charge in [0.05, 0.1) is 4.99 Å². The van der Waals surface area contributed by atoms with Crippen molar-refractivity contribution in [2.75, 3.05) is 6.54 Å². The lowest BCUT2D eigenvalue weighted by atomic mass is 9.82. The minimum absolute atomic E-state index is 0.0601. The normalized spacial score (nSPS) is 22.3. The van der Waals surface area contributed by atoms with Crippen molar-refractivity contribution in [1.82, 2.24) is 10.2 Å². The predicted molar refractivity (Wildman–Crippen MR) is 72.1 cm³/mol. The van der Waals surface area contributed by atoms with Crippen LogP contribution in [0.4, 0.5) is 4.79 Å². The van der Waals surface area contributed by atoms with Crippen LogP contribution in [0.25, 0.3) is 0 Å².